The van der Waals surface area contributed by atoms with Crippen LogP contribution in [-0.2, 0) is 11.3 Å². The Hall–Kier alpha value is -1.36. The number of carbonyl (C=O) groups excluding carboxylic acids is 1. The molecule has 21 heavy (non-hydrogen) atoms. The van der Waals surface area contributed by atoms with Gasteiger partial charge in [0, 0.05) is 50.5 Å². The van der Waals surface area contributed by atoms with E-state index in [1.54, 1.807) is 6.33 Å². The molecule has 5 heteroatoms. The van der Waals surface area contributed by atoms with Gasteiger partial charge in [0.2, 0.25) is 5.91 Å². The van der Waals surface area contributed by atoms with E-state index in [9.17, 15) is 4.79 Å². The Bertz CT molecular complexity index is 467. The Morgan fingerprint density at radius 2 is 2.24 bits per heavy atom. The van der Waals surface area contributed by atoms with Crippen molar-refractivity contribution < 1.29 is 4.79 Å². The van der Waals surface area contributed by atoms with Crippen LogP contribution in [0, 0.1) is 11.8 Å². The van der Waals surface area contributed by atoms with E-state index in [1.165, 1.54) is 12.8 Å². The fourth-order valence-corrected chi connectivity index (χ4v) is 3.18. The maximum atomic E-state index is 12.5. The second-order valence-electron chi connectivity index (χ2n) is 6.86. The summed E-state index contributed by atoms with van der Waals surface area (Å²) in [4.78, 5) is 24.3. The number of carbonyl (C=O) groups is 1. The number of hydrogen-bond acceptors (Lipinski definition) is 3. The summed E-state index contributed by atoms with van der Waals surface area (Å²) in [6.07, 6.45) is 6.83. The molecule has 1 N–H and O–H groups in total. The van der Waals surface area contributed by atoms with Crippen LogP contribution in [0.25, 0.3) is 0 Å². The molecule has 1 aromatic heterocycles. The van der Waals surface area contributed by atoms with Crippen molar-refractivity contribution in [2.24, 2.45) is 11.8 Å². The molecule has 0 spiro atoms. The van der Waals surface area contributed by atoms with E-state index in [4.69, 9.17) is 0 Å². The predicted octanol–water partition coefficient (Wildman–Crippen LogP) is 1.88. The highest BCUT2D eigenvalue weighted by Gasteiger charge is 2.35. The molecule has 0 bridgehead atoms. The van der Waals surface area contributed by atoms with Crippen LogP contribution in [0.3, 0.4) is 0 Å². The van der Waals surface area contributed by atoms with Gasteiger partial charge in [-0.15, -0.1) is 0 Å². The van der Waals surface area contributed by atoms with E-state index in [1.807, 2.05) is 6.20 Å². The number of nitrogens with one attached hydrogen (secondary N) is 1. The van der Waals surface area contributed by atoms with Crippen LogP contribution in [-0.4, -0.2) is 51.4 Å². The molecule has 1 unspecified atom stereocenters. The number of imidazole rings is 1. The molecule has 1 saturated heterocycles. The lowest BCUT2D eigenvalue weighted by Gasteiger charge is -2.34. The lowest BCUT2D eigenvalue weighted by Crippen LogP contribution is -2.47. The van der Waals surface area contributed by atoms with Crippen LogP contribution < -0.4 is 0 Å². The van der Waals surface area contributed by atoms with Crippen molar-refractivity contribution in [3.8, 4) is 0 Å². The normalized spacial score (nSPS) is 24.6. The Balaban J connectivity index is 1.70. The maximum absolute atomic E-state index is 12.5. The van der Waals surface area contributed by atoms with Gasteiger partial charge in [-0.1, -0.05) is 13.8 Å². The molecule has 1 aliphatic carbocycles. The lowest BCUT2D eigenvalue weighted by molar-refractivity contribution is -0.133. The van der Waals surface area contributed by atoms with Crippen LogP contribution in [0.15, 0.2) is 12.5 Å². The van der Waals surface area contributed by atoms with Gasteiger partial charge in [-0.05, 0) is 24.7 Å². The molecule has 0 radical (unpaired) electrons. The molecule has 2 fully saturated rings. The van der Waals surface area contributed by atoms with Crippen molar-refractivity contribution in [2.75, 3.05) is 19.6 Å². The van der Waals surface area contributed by atoms with Gasteiger partial charge >= 0.3 is 0 Å². The molecular weight excluding hydrogens is 264 g/mol. The van der Waals surface area contributed by atoms with Crippen molar-refractivity contribution >= 4 is 5.91 Å². The molecule has 1 atom stereocenters. The number of amides is 1. The molecule has 1 amide bonds. The van der Waals surface area contributed by atoms with Crippen molar-refractivity contribution in [1.82, 2.24) is 19.8 Å². The van der Waals surface area contributed by atoms with Crippen LogP contribution in [0.1, 0.15) is 38.8 Å². The zero-order chi connectivity index (χ0) is 14.8. The second-order valence-corrected chi connectivity index (χ2v) is 6.86. The average Bonchev–Trinajstić information content (AvgIpc) is 3.15. The van der Waals surface area contributed by atoms with E-state index >= 15 is 0 Å². The molecule has 0 aromatic carbocycles. The van der Waals surface area contributed by atoms with Gasteiger partial charge in [-0.3, -0.25) is 9.69 Å². The minimum absolute atomic E-state index is 0.337. The van der Waals surface area contributed by atoms with Gasteiger partial charge in [-0.25, -0.2) is 4.98 Å². The third-order valence-electron chi connectivity index (χ3n) is 4.68. The molecule has 5 nitrogen and oxygen atoms in total. The number of aromatic nitrogens is 2. The molecule has 1 saturated carbocycles. The van der Waals surface area contributed by atoms with Crippen LogP contribution in [0.2, 0.25) is 0 Å². The monoisotopic (exact) mass is 290 g/mol. The van der Waals surface area contributed by atoms with Gasteiger partial charge in [0.25, 0.3) is 0 Å². The van der Waals surface area contributed by atoms with Crippen LogP contribution in [0.5, 0.6) is 0 Å². The quantitative estimate of drug-likeness (QED) is 0.901. The smallest absolute Gasteiger partial charge is 0.224 e. The Morgan fingerprint density at radius 1 is 1.43 bits per heavy atom. The summed E-state index contributed by atoms with van der Waals surface area (Å²) in [5.74, 6) is 1.59. The van der Waals surface area contributed by atoms with Crippen LogP contribution >= 0.6 is 0 Å². The molecule has 1 aliphatic heterocycles. The fourth-order valence-electron chi connectivity index (χ4n) is 3.18. The first-order valence-corrected chi connectivity index (χ1v) is 8.12. The van der Waals surface area contributed by atoms with E-state index in [-0.39, 0.29) is 0 Å². The Morgan fingerprint density at radius 3 is 2.86 bits per heavy atom. The van der Waals surface area contributed by atoms with Crippen molar-refractivity contribution in [3.63, 3.8) is 0 Å². The first-order valence-electron chi connectivity index (χ1n) is 8.12. The highest BCUT2D eigenvalue weighted by Crippen LogP contribution is 2.32. The third kappa shape index (κ3) is 3.64. The van der Waals surface area contributed by atoms with Gasteiger partial charge < -0.3 is 9.88 Å². The lowest BCUT2D eigenvalue weighted by atomic mass is 10.0. The van der Waals surface area contributed by atoms with Crippen LogP contribution in [0.4, 0.5) is 0 Å². The largest absolute Gasteiger partial charge is 0.347 e. The summed E-state index contributed by atoms with van der Waals surface area (Å²) < 4.78 is 0. The standard InChI is InChI=1S/C16H26N4O/c1-12(2)15-10-19(9-14-7-17-11-18-14)6-5-16(21)20(15)8-13-3-4-13/h7,11-13,15H,3-6,8-10H2,1-2H3,(H,17,18). The number of hydrogen-bond donors (Lipinski definition) is 1. The Kier molecular flexibility index (Phi) is 4.29. The van der Waals surface area contributed by atoms with Crippen molar-refractivity contribution in [2.45, 2.75) is 45.7 Å². The molecule has 116 valence electrons. The van der Waals surface area contributed by atoms with Gasteiger partial charge in [0.1, 0.15) is 0 Å². The van der Waals surface area contributed by atoms with Crippen molar-refractivity contribution in [3.05, 3.63) is 18.2 Å². The zero-order valence-corrected chi connectivity index (χ0v) is 13.1. The first kappa shape index (κ1) is 14.6. The summed E-state index contributed by atoms with van der Waals surface area (Å²) in [6, 6.07) is 0.337. The van der Waals surface area contributed by atoms with E-state index in [0.29, 0.717) is 24.3 Å². The Labute approximate surface area is 126 Å². The predicted molar refractivity (Wildman–Crippen MR) is 81.5 cm³/mol. The number of aromatic amines is 1. The molecule has 2 heterocycles. The SMILES string of the molecule is CC(C)C1CN(Cc2cnc[nH]2)CCC(=O)N1CC1CC1. The second kappa shape index (κ2) is 6.18. The zero-order valence-electron chi connectivity index (χ0n) is 13.1. The number of H-pyrrole nitrogens is 1. The third-order valence-corrected chi connectivity index (χ3v) is 4.68. The van der Waals surface area contributed by atoms with Gasteiger partial charge in [-0.2, -0.15) is 0 Å². The average molecular weight is 290 g/mol. The highest BCUT2D eigenvalue weighted by atomic mass is 16.2. The molecular formula is C16H26N4O. The number of nitrogens with zero attached hydrogens (tertiary/aromatic N) is 3. The summed E-state index contributed by atoms with van der Waals surface area (Å²) in [6.45, 7) is 8.11. The number of rotatable bonds is 5. The minimum atomic E-state index is 0.337. The first-order chi connectivity index (χ1) is 10.1. The maximum Gasteiger partial charge on any atom is 0.224 e. The summed E-state index contributed by atoms with van der Waals surface area (Å²) in [7, 11) is 0. The van der Waals surface area contributed by atoms with Crippen molar-refractivity contribution in [1.29, 1.82) is 0 Å². The fraction of sp³-hybridized carbons (Fsp3) is 0.750. The van der Waals surface area contributed by atoms with E-state index < -0.39 is 0 Å². The summed E-state index contributed by atoms with van der Waals surface area (Å²) in [5.41, 5.74) is 1.13. The van der Waals surface area contributed by atoms with E-state index in [2.05, 4.69) is 33.6 Å². The van der Waals surface area contributed by atoms with Gasteiger partial charge in [0.15, 0.2) is 0 Å². The minimum Gasteiger partial charge on any atom is -0.347 e. The van der Waals surface area contributed by atoms with E-state index in [0.717, 1.165) is 37.8 Å². The molecule has 3 rings (SSSR count). The van der Waals surface area contributed by atoms with Gasteiger partial charge in [0.05, 0.1) is 6.33 Å². The summed E-state index contributed by atoms with van der Waals surface area (Å²) in [5, 5.41) is 0. The molecule has 1 aromatic rings. The molecule has 2 aliphatic rings. The summed E-state index contributed by atoms with van der Waals surface area (Å²) >= 11 is 0. The highest BCUT2D eigenvalue weighted by molar-refractivity contribution is 5.77. The topological polar surface area (TPSA) is 52.2 Å².